The Morgan fingerprint density at radius 3 is 1.14 bits per heavy atom. The average Bonchev–Trinajstić information content (AvgIpc) is 0.811. The summed E-state index contributed by atoms with van der Waals surface area (Å²) in [6.45, 7) is 0. The van der Waals surface area contributed by atoms with Gasteiger partial charge in [-0.3, -0.25) is 9.17 Å². The van der Waals surface area contributed by atoms with Gasteiger partial charge in [0.1, 0.15) is 0 Å². The molecule has 48 valence electrons. The summed E-state index contributed by atoms with van der Waals surface area (Å²) < 4.78 is 8.74. The maximum Gasteiger partial charge on any atom is 0.761 e. The van der Waals surface area contributed by atoms with Crippen molar-refractivity contribution in [2.45, 2.75) is 0 Å². The van der Waals surface area contributed by atoms with Crippen LogP contribution in [-0.4, -0.2) is 18.8 Å². The Balaban J connectivity index is -0.0000000150. The monoisotopic (exact) mass is 132 g/mol. The fourth-order valence-electron chi connectivity index (χ4n) is 0. The second-order valence-corrected chi connectivity index (χ2v) is 0.848. The molecule has 0 aromatic heterocycles. The third-order valence-corrected chi connectivity index (χ3v) is 0. The highest BCUT2D eigenvalue weighted by Gasteiger charge is 1.85. The summed E-state index contributed by atoms with van der Waals surface area (Å²) in [5.74, 6) is 0. The van der Waals surface area contributed by atoms with Crippen LogP contribution in [0.25, 0.3) is 0 Å². The Morgan fingerprint density at radius 1 is 1.14 bits per heavy atom. The molecule has 0 heterocycles. The van der Waals surface area contributed by atoms with E-state index in [1.165, 1.54) is 0 Å². The van der Waals surface area contributed by atoms with Crippen LogP contribution >= 0.6 is 0 Å². The van der Waals surface area contributed by atoms with Crippen molar-refractivity contribution in [3.05, 3.63) is 0 Å². The molecule has 5 nitrogen and oxygen atoms in total. The molecule has 0 saturated carbocycles. The molecule has 0 unspecified atom stereocenters. The first-order valence-electron chi connectivity index (χ1n) is 0.651. The summed E-state index contributed by atoms with van der Waals surface area (Å²) in [7, 11) is -3.13. The second kappa shape index (κ2) is 17.9. The summed E-state index contributed by atoms with van der Waals surface area (Å²) in [6.07, 6.45) is 0. The van der Waals surface area contributed by atoms with E-state index in [0.717, 1.165) is 0 Å². The highest BCUT2D eigenvalue weighted by molar-refractivity contribution is 6.22. The van der Waals surface area contributed by atoms with Crippen LogP contribution in [0.4, 0.5) is 4.70 Å². The van der Waals surface area contributed by atoms with Gasteiger partial charge >= 0.3 is 9.17 Å². The first-order chi connectivity index (χ1) is 1.73. The quantitative estimate of drug-likeness (QED) is 0.310. The minimum Gasteiger partial charge on any atom is -0.511 e. The lowest BCUT2D eigenvalue weighted by atomic mass is 14.0. The van der Waals surface area contributed by atoms with Gasteiger partial charge in [0.15, 0.2) is 0 Å². The number of halogens is 1. The van der Waals surface area contributed by atoms with E-state index in [2.05, 4.69) is 0 Å². The second-order valence-electron chi connectivity index (χ2n) is 0.283. The molecule has 0 aliphatic heterocycles. The molecule has 0 fully saturated rings. The van der Waals surface area contributed by atoms with Gasteiger partial charge < -0.3 is 21.9 Å². The summed E-state index contributed by atoms with van der Waals surface area (Å²) in [6, 6.07) is 0. The molecular weight excluding hydrogens is 123 g/mol. The van der Waals surface area contributed by atoms with Crippen LogP contribution < -0.4 is 12.3 Å². The average molecular weight is 132 g/mol. The van der Waals surface area contributed by atoms with Gasteiger partial charge in [0.05, 0.1) is 0 Å². The summed E-state index contributed by atoms with van der Waals surface area (Å²) >= 11 is 0. The predicted molar refractivity (Wildman–Crippen MR) is 23.4 cm³/mol. The molecular formula is H9FN2O3Si. The largest absolute Gasteiger partial charge is 0.761 e. The summed E-state index contributed by atoms with van der Waals surface area (Å²) in [5, 5.41) is 0. The van der Waals surface area contributed by atoms with Crippen molar-refractivity contribution < 1.29 is 18.8 Å². The van der Waals surface area contributed by atoms with Gasteiger partial charge in [-0.2, -0.15) is 0 Å². The zero-order valence-electron chi connectivity index (χ0n) is 3.63. The Morgan fingerprint density at radius 2 is 1.14 bits per heavy atom. The SMILES string of the molecule is F.N.N.O=[Si](O)O. The topological polar surface area (TPSA) is 128 Å². The third-order valence-electron chi connectivity index (χ3n) is 0. The third kappa shape index (κ3) is 231. The van der Waals surface area contributed by atoms with E-state index in [4.69, 9.17) is 14.1 Å². The molecule has 0 saturated heterocycles. The van der Waals surface area contributed by atoms with Crippen LogP contribution in [-0.2, 0) is 4.46 Å². The van der Waals surface area contributed by atoms with Crippen molar-refractivity contribution in [2.24, 2.45) is 0 Å². The van der Waals surface area contributed by atoms with Crippen LogP contribution in [0.3, 0.4) is 0 Å². The molecule has 0 aromatic carbocycles. The Labute approximate surface area is 41.4 Å². The lowest BCUT2D eigenvalue weighted by Crippen LogP contribution is -1.90. The van der Waals surface area contributed by atoms with E-state index in [0.29, 0.717) is 0 Å². The van der Waals surface area contributed by atoms with Gasteiger partial charge in [-0.25, -0.2) is 0 Å². The molecule has 0 bridgehead atoms. The van der Waals surface area contributed by atoms with Crippen LogP contribution in [0.2, 0.25) is 0 Å². The molecule has 0 aromatic rings. The van der Waals surface area contributed by atoms with Crippen LogP contribution in [0.15, 0.2) is 0 Å². The number of hydrogen-bond donors (Lipinski definition) is 4. The smallest absolute Gasteiger partial charge is 0.511 e. The lowest BCUT2D eigenvalue weighted by molar-refractivity contribution is 0.330. The lowest BCUT2D eigenvalue weighted by Gasteiger charge is -1.55. The van der Waals surface area contributed by atoms with E-state index in [1.807, 2.05) is 0 Å². The molecule has 8 N–H and O–H groups in total. The Hall–Kier alpha value is -0.533. The van der Waals surface area contributed by atoms with Gasteiger partial charge in [-0.05, 0) is 0 Å². The normalized spacial score (nSPS) is 3.43. The van der Waals surface area contributed by atoms with Crippen LogP contribution in [0.5, 0.6) is 0 Å². The number of rotatable bonds is 0. The first-order valence-corrected chi connectivity index (χ1v) is 1.95. The van der Waals surface area contributed by atoms with Crippen LogP contribution in [0.1, 0.15) is 0 Å². The summed E-state index contributed by atoms with van der Waals surface area (Å²) in [5.41, 5.74) is 0. The molecule has 0 aliphatic carbocycles. The molecule has 0 radical (unpaired) electrons. The summed E-state index contributed by atoms with van der Waals surface area (Å²) in [4.78, 5) is 14.3. The van der Waals surface area contributed by atoms with Crippen molar-refractivity contribution >= 4 is 9.17 Å². The highest BCUT2D eigenvalue weighted by atomic mass is 28.3. The van der Waals surface area contributed by atoms with Gasteiger partial charge in [0.2, 0.25) is 0 Å². The van der Waals surface area contributed by atoms with Crippen molar-refractivity contribution in [1.29, 1.82) is 0 Å². The zero-order valence-corrected chi connectivity index (χ0v) is 4.63. The van der Waals surface area contributed by atoms with E-state index in [9.17, 15) is 0 Å². The van der Waals surface area contributed by atoms with E-state index in [-0.39, 0.29) is 17.0 Å². The van der Waals surface area contributed by atoms with E-state index in [1.54, 1.807) is 0 Å². The minimum atomic E-state index is -3.13. The molecule has 7 heavy (non-hydrogen) atoms. The molecule has 0 amide bonds. The molecule has 0 aliphatic rings. The standard InChI is InChI=1S/FH.2H3N.H2O3Si/c;;;1-4(2)3/h1H;2*1H3;1-2H. The van der Waals surface area contributed by atoms with Gasteiger partial charge in [-0.15, -0.1) is 0 Å². The van der Waals surface area contributed by atoms with Crippen molar-refractivity contribution in [3.63, 3.8) is 0 Å². The van der Waals surface area contributed by atoms with E-state index < -0.39 is 9.17 Å². The molecule has 0 rings (SSSR count). The maximum atomic E-state index is 8.74. The predicted octanol–water partition coefficient (Wildman–Crippen LogP) is -1.14. The minimum absolute atomic E-state index is 0. The van der Waals surface area contributed by atoms with Crippen molar-refractivity contribution in [1.82, 2.24) is 12.3 Å². The molecule has 0 atom stereocenters. The molecule has 0 spiro atoms. The van der Waals surface area contributed by atoms with Crippen LogP contribution in [0, 0.1) is 0 Å². The zero-order chi connectivity index (χ0) is 3.58. The highest BCUT2D eigenvalue weighted by Crippen LogP contribution is 1.27. The molecule has 7 heteroatoms. The van der Waals surface area contributed by atoms with Crippen molar-refractivity contribution in [3.8, 4) is 0 Å². The van der Waals surface area contributed by atoms with Crippen molar-refractivity contribution in [2.75, 3.05) is 0 Å². The fraction of sp³-hybridized carbons (Fsp3) is 0. The van der Waals surface area contributed by atoms with E-state index >= 15 is 0 Å². The fourth-order valence-corrected chi connectivity index (χ4v) is 0. The first kappa shape index (κ1) is 31.8. The Kier molecular flexibility index (Phi) is 81.3. The van der Waals surface area contributed by atoms with Gasteiger partial charge in [0, 0.05) is 0 Å². The van der Waals surface area contributed by atoms with Gasteiger partial charge in [0.25, 0.3) is 0 Å². The number of hydrogen-bond acceptors (Lipinski definition) is 3. The Bertz CT molecular complexity index is 35.9. The van der Waals surface area contributed by atoms with Gasteiger partial charge in [-0.1, -0.05) is 0 Å². The maximum absolute atomic E-state index is 8.74.